The first kappa shape index (κ1) is 20.2. The van der Waals surface area contributed by atoms with Gasteiger partial charge in [-0.2, -0.15) is 5.10 Å². The average molecular weight is 430 g/mol. The molecular formula is C23H19N5O2S. The van der Waals surface area contributed by atoms with E-state index in [-0.39, 0.29) is 18.4 Å². The zero-order valence-corrected chi connectivity index (χ0v) is 17.3. The molecule has 0 radical (unpaired) electrons. The van der Waals surface area contributed by atoms with Gasteiger partial charge in [0, 0.05) is 24.0 Å². The molecule has 0 unspecified atom stereocenters. The maximum absolute atomic E-state index is 12.2. The minimum absolute atomic E-state index is 0.140. The highest BCUT2D eigenvalue weighted by molar-refractivity contribution is 7.13. The summed E-state index contributed by atoms with van der Waals surface area (Å²) in [6, 6.07) is 17.2. The lowest BCUT2D eigenvalue weighted by Crippen LogP contribution is -2.31. The molecule has 3 aromatic heterocycles. The van der Waals surface area contributed by atoms with Crippen LogP contribution in [-0.4, -0.2) is 33.1 Å². The first-order valence-electron chi connectivity index (χ1n) is 9.54. The van der Waals surface area contributed by atoms with Gasteiger partial charge in [0.2, 0.25) is 11.8 Å². The number of nitrogens with zero attached hydrogens (tertiary/aromatic N) is 3. The number of hydrogen-bond acceptors (Lipinski definition) is 5. The highest BCUT2D eigenvalue weighted by Crippen LogP contribution is 2.28. The van der Waals surface area contributed by atoms with Crippen molar-refractivity contribution >= 4 is 34.9 Å². The Balaban J connectivity index is 1.44. The van der Waals surface area contributed by atoms with Gasteiger partial charge in [-0.05, 0) is 41.8 Å². The molecule has 0 saturated heterocycles. The average Bonchev–Trinajstić information content (AvgIpc) is 3.47. The fourth-order valence-corrected chi connectivity index (χ4v) is 3.59. The molecule has 0 spiro atoms. The van der Waals surface area contributed by atoms with E-state index in [1.165, 1.54) is 12.3 Å². The molecule has 0 saturated carbocycles. The summed E-state index contributed by atoms with van der Waals surface area (Å²) in [5, 5.41) is 11.9. The van der Waals surface area contributed by atoms with Crippen molar-refractivity contribution in [2.75, 3.05) is 11.9 Å². The number of para-hydroxylation sites is 1. The van der Waals surface area contributed by atoms with Gasteiger partial charge in [-0.15, -0.1) is 11.3 Å². The van der Waals surface area contributed by atoms with Crippen LogP contribution in [0.5, 0.6) is 0 Å². The Morgan fingerprint density at radius 1 is 1.06 bits per heavy atom. The van der Waals surface area contributed by atoms with Crippen LogP contribution in [-0.2, 0) is 9.59 Å². The predicted molar refractivity (Wildman–Crippen MR) is 122 cm³/mol. The van der Waals surface area contributed by atoms with Crippen LogP contribution in [0.25, 0.3) is 22.3 Å². The third-order valence-corrected chi connectivity index (χ3v) is 5.18. The SMILES string of the molecule is O=C(/C=C/c1cn(-c2ccccc2)nc1-c1cccs1)NCC(=O)Nc1cccnc1. The summed E-state index contributed by atoms with van der Waals surface area (Å²) in [7, 11) is 0. The van der Waals surface area contributed by atoms with E-state index in [1.54, 1.807) is 40.4 Å². The molecular weight excluding hydrogens is 410 g/mol. The predicted octanol–water partition coefficient (Wildman–Crippen LogP) is 3.76. The normalized spacial score (nSPS) is 10.8. The Morgan fingerprint density at radius 3 is 2.68 bits per heavy atom. The molecule has 0 aliphatic carbocycles. The van der Waals surface area contributed by atoms with E-state index in [4.69, 9.17) is 5.10 Å². The number of hydrogen-bond donors (Lipinski definition) is 2. The smallest absolute Gasteiger partial charge is 0.244 e. The number of thiophene rings is 1. The largest absolute Gasteiger partial charge is 0.343 e. The number of carbonyl (C=O) groups is 2. The Bertz CT molecular complexity index is 1190. The molecule has 1 aromatic carbocycles. The minimum atomic E-state index is -0.370. The summed E-state index contributed by atoms with van der Waals surface area (Å²) in [6.07, 6.45) is 8.14. The number of rotatable bonds is 7. The Kier molecular flexibility index (Phi) is 6.29. The fourth-order valence-electron chi connectivity index (χ4n) is 2.86. The highest BCUT2D eigenvalue weighted by Gasteiger charge is 2.12. The molecule has 0 fully saturated rings. The van der Waals surface area contributed by atoms with E-state index >= 15 is 0 Å². The van der Waals surface area contributed by atoms with E-state index in [9.17, 15) is 9.59 Å². The maximum atomic E-state index is 12.2. The number of carbonyl (C=O) groups excluding carboxylic acids is 2. The standard InChI is InChI=1S/C23H19N5O2S/c29-21(25-15-22(30)26-18-6-4-12-24-14-18)11-10-17-16-28(19-7-2-1-3-8-19)27-23(17)20-9-5-13-31-20/h1-14,16H,15H2,(H,25,29)(H,26,30)/b11-10+. The van der Waals surface area contributed by atoms with Gasteiger partial charge in [0.15, 0.2) is 0 Å². The number of benzene rings is 1. The lowest BCUT2D eigenvalue weighted by Gasteiger charge is -2.04. The van der Waals surface area contributed by atoms with Gasteiger partial charge < -0.3 is 10.6 Å². The van der Waals surface area contributed by atoms with Crippen molar-refractivity contribution < 1.29 is 9.59 Å². The van der Waals surface area contributed by atoms with Crippen LogP contribution in [0, 0.1) is 0 Å². The van der Waals surface area contributed by atoms with Crippen LogP contribution >= 0.6 is 11.3 Å². The summed E-state index contributed by atoms with van der Waals surface area (Å²) in [5.74, 6) is -0.697. The van der Waals surface area contributed by atoms with Crippen LogP contribution in [0.4, 0.5) is 5.69 Å². The first-order valence-corrected chi connectivity index (χ1v) is 10.4. The van der Waals surface area contributed by atoms with Crippen molar-refractivity contribution in [1.29, 1.82) is 0 Å². The lowest BCUT2D eigenvalue weighted by molar-refractivity contribution is -0.121. The third kappa shape index (κ3) is 5.31. The number of anilines is 1. The van der Waals surface area contributed by atoms with Gasteiger partial charge in [0.25, 0.3) is 0 Å². The van der Waals surface area contributed by atoms with Crippen molar-refractivity contribution in [3.05, 3.63) is 90.2 Å². The summed E-state index contributed by atoms with van der Waals surface area (Å²) < 4.78 is 1.79. The van der Waals surface area contributed by atoms with E-state index in [0.717, 1.165) is 21.8 Å². The number of nitrogens with one attached hydrogen (secondary N) is 2. The molecule has 0 bridgehead atoms. The zero-order chi connectivity index (χ0) is 21.5. The van der Waals surface area contributed by atoms with Crippen molar-refractivity contribution in [2.45, 2.75) is 0 Å². The second-order valence-electron chi connectivity index (χ2n) is 6.53. The van der Waals surface area contributed by atoms with Crippen LogP contribution in [0.15, 0.2) is 84.6 Å². The lowest BCUT2D eigenvalue weighted by atomic mass is 10.2. The Labute approximate surface area is 183 Å². The van der Waals surface area contributed by atoms with Gasteiger partial charge in [-0.3, -0.25) is 14.6 Å². The van der Waals surface area contributed by atoms with Crippen LogP contribution in [0.3, 0.4) is 0 Å². The number of aromatic nitrogens is 3. The second kappa shape index (κ2) is 9.64. The van der Waals surface area contributed by atoms with E-state index < -0.39 is 0 Å². The monoisotopic (exact) mass is 429 g/mol. The van der Waals surface area contributed by atoms with Crippen molar-refractivity contribution in [2.24, 2.45) is 0 Å². The van der Waals surface area contributed by atoms with E-state index in [0.29, 0.717) is 5.69 Å². The molecule has 4 aromatic rings. The fraction of sp³-hybridized carbons (Fsp3) is 0.0435. The summed E-state index contributed by atoms with van der Waals surface area (Å²) in [5.41, 5.74) is 3.10. The maximum Gasteiger partial charge on any atom is 0.244 e. The van der Waals surface area contributed by atoms with Gasteiger partial charge in [-0.25, -0.2) is 4.68 Å². The molecule has 0 aliphatic rings. The van der Waals surface area contributed by atoms with Crippen molar-refractivity contribution in [1.82, 2.24) is 20.1 Å². The van der Waals surface area contributed by atoms with Crippen LogP contribution in [0.1, 0.15) is 5.56 Å². The molecule has 4 rings (SSSR count). The molecule has 7 nitrogen and oxygen atoms in total. The minimum Gasteiger partial charge on any atom is -0.343 e. The molecule has 8 heteroatoms. The first-order chi connectivity index (χ1) is 15.2. The summed E-state index contributed by atoms with van der Waals surface area (Å²) in [6.45, 7) is -0.140. The molecule has 2 amide bonds. The summed E-state index contributed by atoms with van der Waals surface area (Å²) >= 11 is 1.58. The van der Waals surface area contributed by atoms with Gasteiger partial charge >= 0.3 is 0 Å². The van der Waals surface area contributed by atoms with Crippen molar-refractivity contribution in [3.8, 4) is 16.3 Å². The van der Waals surface area contributed by atoms with Gasteiger partial charge in [-0.1, -0.05) is 24.3 Å². The second-order valence-corrected chi connectivity index (χ2v) is 7.48. The third-order valence-electron chi connectivity index (χ3n) is 4.30. The molecule has 0 aliphatic heterocycles. The number of amides is 2. The quantitative estimate of drug-likeness (QED) is 0.438. The Hall–Kier alpha value is -4.04. The topological polar surface area (TPSA) is 88.9 Å². The highest BCUT2D eigenvalue weighted by atomic mass is 32.1. The van der Waals surface area contributed by atoms with E-state index in [2.05, 4.69) is 15.6 Å². The summed E-state index contributed by atoms with van der Waals surface area (Å²) in [4.78, 5) is 29.1. The molecule has 2 N–H and O–H groups in total. The molecule has 154 valence electrons. The molecule has 3 heterocycles. The molecule has 0 atom stereocenters. The van der Waals surface area contributed by atoms with Gasteiger partial charge in [0.05, 0.1) is 29.0 Å². The van der Waals surface area contributed by atoms with Gasteiger partial charge in [0.1, 0.15) is 5.69 Å². The zero-order valence-electron chi connectivity index (χ0n) is 16.4. The number of pyridine rings is 1. The van der Waals surface area contributed by atoms with Crippen LogP contribution < -0.4 is 10.6 Å². The van der Waals surface area contributed by atoms with Crippen LogP contribution in [0.2, 0.25) is 0 Å². The molecule has 31 heavy (non-hydrogen) atoms. The van der Waals surface area contributed by atoms with E-state index in [1.807, 2.05) is 54.0 Å². The van der Waals surface area contributed by atoms with Crippen molar-refractivity contribution in [3.63, 3.8) is 0 Å². The Morgan fingerprint density at radius 2 is 1.94 bits per heavy atom.